The Kier molecular flexibility index (Phi) is 6.23. The number of rotatable bonds is 7. The van der Waals surface area contributed by atoms with Crippen LogP contribution in [0.3, 0.4) is 0 Å². The van der Waals surface area contributed by atoms with Crippen molar-refractivity contribution in [3.63, 3.8) is 0 Å². The molecule has 1 N–H and O–H groups in total. The van der Waals surface area contributed by atoms with Gasteiger partial charge in [-0.1, -0.05) is 25.1 Å². The van der Waals surface area contributed by atoms with Gasteiger partial charge in [-0.2, -0.15) is 10.2 Å². The number of nitrogens with one attached hydrogen (secondary N) is 1. The minimum atomic E-state index is -0.511. The number of fused-ring (bicyclic) bond motifs is 1. The number of benzene rings is 2. The number of carbonyl (C=O) groups is 1. The summed E-state index contributed by atoms with van der Waals surface area (Å²) in [4.78, 5) is 24.7. The molecule has 0 aliphatic carbocycles. The highest BCUT2D eigenvalue weighted by Gasteiger charge is 2.15. The van der Waals surface area contributed by atoms with Gasteiger partial charge in [-0.05, 0) is 36.2 Å². The van der Waals surface area contributed by atoms with Crippen molar-refractivity contribution in [1.29, 1.82) is 0 Å². The molecular formula is C21H22N4O4. The molecule has 8 nitrogen and oxygen atoms in total. The fourth-order valence-corrected chi connectivity index (χ4v) is 2.78. The zero-order valence-corrected chi connectivity index (χ0v) is 16.5. The third-order valence-electron chi connectivity index (χ3n) is 4.20. The average Bonchev–Trinajstić information content (AvgIpc) is 2.75. The van der Waals surface area contributed by atoms with E-state index in [-0.39, 0.29) is 11.3 Å². The first-order chi connectivity index (χ1) is 14.0. The van der Waals surface area contributed by atoms with Crippen LogP contribution in [0.25, 0.3) is 10.8 Å². The molecule has 0 fully saturated rings. The van der Waals surface area contributed by atoms with Crippen LogP contribution in [-0.4, -0.2) is 35.6 Å². The van der Waals surface area contributed by atoms with Crippen molar-refractivity contribution in [2.24, 2.45) is 12.1 Å². The molecule has 0 saturated heterocycles. The first-order valence-electron chi connectivity index (χ1n) is 9.15. The van der Waals surface area contributed by atoms with Crippen LogP contribution in [0.2, 0.25) is 0 Å². The summed E-state index contributed by atoms with van der Waals surface area (Å²) >= 11 is 0. The molecule has 3 aromatic rings. The molecule has 0 saturated carbocycles. The maximum Gasteiger partial charge on any atom is 0.292 e. The fourth-order valence-electron chi connectivity index (χ4n) is 2.78. The molecule has 0 aliphatic heterocycles. The summed E-state index contributed by atoms with van der Waals surface area (Å²) in [6, 6.07) is 12.2. The highest BCUT2D eigenvalue weighted by molar-refractivity contribution is 6.04. The Morgan fingerprint density at radius 2 is 1.97 bits per heavy atom. The summed E-state index contributed by atoms with van der Waals surface area (Å²) in [6.07, 6.45) is 2.39. The minimum Gasteiger partial charge on any atom is -0.493 e. The molecule has 29 heavy (non-hydrogen) atoms. The molecule has 150 valence electrons. The average molecular weight is 394 g/mol. The van der Waals surface area contributed by atoms with E-state index >= 15 is 0 Å². The van der Waals surface area contributed by atoms with Crippen LogP contribution in [-0.2, 0) is 7.05 Å². The number of hydrogen-bond acceptors (Lipinski definition) is 6. The SMILES string of the molecule is CCCOc1ccc(/C=N/NC(=O)c2nn(C)c(=O)c3ccccc23)cc1OC. The lowest BCUT2D eigenvalue weighted by Gasteiger charge is -2.10. The molecular weight excluding hydrogens is 372 g/mol. The minimum absolute atomic E-state index is 0.126. The van der Waals surface area contributed by atoms with E-state index in [0.717, 1.165) is 16.7 Å². The van der Waals surface area contributed by atoms with Gasteiger partial charge < -0.3 is 9.47 Å². The maximum atomic E-state index is 12.6. The van der Waals surface area contributed by atoms with Crippen molar-refractivity contribution in [2.45, 2.75) is 13.3 Å². The molecule has 0 spiro atoms. The van der Waals surface area contributed by atoms with Crippen molar-refractivity contribution < 1.29 is 14.3 Å². The molecule has 0 unspecified atom stereocenters. The predicted octanol–water partition coefficient (Wildman–Crippen LogP) is 2.49. The van der Waals surface area contributed by atoms with Crippen LogP contribution in [0.5, 0.6) is 11.5 Å². The van der Waals surface area contributed by atoms with Gasteiger partial charge in [0.15, 0.2) is 17.2 Å². The van der Waals surface area contributed by atoms with Crippen LogP contribution in [0.1, 0.15) is 29.4 Å². The van der Waals surface area contributed by atoms with Gasteiger partial charge in [0.25, 0.3) is 11.5 Å². The third kappa shape index (κ3) is 4.43. The first kappa shape index (κ1) is 20.1. The van der Waals surface area contributed by atoms with Crippen molar-refractivity contribution in [3.8, 4) is 11.5 Å². The molecule has 1 heterocycles. The zero-order chi connectivity index (χ0) is 20.8. The molecule has 0 atom stereocenters. The van der Waals surface area contributed by atoms with Gasteiger partial charge in [-0.3, -0.25) is 9.59 Å². The number of aryl methyl sites for hydroxylation is 1. The monoisotopic (exact) mass is 394 g/mol. The summed E-state index contributed by atoms with van der Waals surface area (Å²) in [5, 5.41) is 8.97. The second kappa shape index (κ2) is 9.01. The second-order valence-corrected chi connectivity index (χ2v) is 6.28. The van der Waals surface area contributed by atoms with Gasteiger partial charge >= 0.3 is 0 Å². The van der Waals surface area contributed by atoms with Gasteiger partial charge in [0, 0.05) is 12.4 Å². The maximum absolute atomic E-state index is 12.6. The molecule has 1 amide bonds. The lowest BCUT2D eigenvalue weighted by molar-refractivity contribution is 0.0950. The van der Waals surface area contributed by atoms with Crippen molar-refractivity contribution >= 4 is 22.9 Å². The molecule has 1 aromatic heterocycles. The number of methoxy groups -OCH3 is 1. The van der Waals surface area contributed by atoms with E-state index in [1.807, 2.05) is 13.0 Å². The van der Waals surface area contributed by atoms with Gasteiger partial charge in [-0.15, -0.1) is 0 Å². The zero-order valence-electron chi connectivity index (χ0n) is 16.5. The van der Waals surface area contributed by atoms with Crippen LogP contribution < -0.4 is 20.5 Å². The molecule has 8 heteroatoms. The van der Waals surface area contributed by atoms with E-state index in [1.54, 1.807) is 43.5 Å². The smallest absolute Gasteiger partial charge is 0.292 e. The van der Waals surface area contributed by atoms with Crippen molar-refractivity contribution in [1.82, 2.24) is 15.2 Å². The Balaban J connectivity index is 1.79. The number of amides is 1. The molecule has 2 aromatic carbocycles. The van der Waals surface area contributed by atoms with Crippen LogP contribution >= 0.6 is 0 Å². The quantitative estimate of drug-likeness (QED) is 0.491. The topological polar surface area (TPSA) is 94.8 Å². The Morgan fingerprint density at radius 3 is 2.69 bits per heavy atom. The van der Waals surface area contributed by atoms with E-state index in [9.17, 15) is 9.59 Å². The summed E-state index contributed by atoms with van der Waals surface area (Å²) in [5.41, 5.74) is 3.04. The van der Waals surface area contributed by atoms with E-state index in [4.69, 9.17) is 9.47 Å². The van der Waals surface area contributed by atoms with Gasteiger partial charge in [0.05, 0.1) is 25.3 Å². The van der Waals surface area contributed by atoms with Gasteiger partial charge in [-0.25, -0.2) is 10.1 Å². The Morgan fingerprint density at radius 1 is 1.21 bits per heavy atom. The Bertz CT molecular complexity index is 1120. The lowest BCUT2D eigenvalue weighted by Crippen LogP contribution is -2.27. The lowest BCUT2D eigenvalue weighted by atomic mass is 10.1. The van der Waals surface area contributed by atoms with E-state index in [1.165, 1.54) is 13.3 Å². The van der Waals surface area contributed by atoms with Crippen LogP contribution in [0.15, 0.2) is 52.4 Å². The molecule has 0 radical (unpaired) electrons. The van der Waals surface area contributed by atoms with Gasteiger partial charge in [0.2, 0.25) is 0 Å². The number of ether oxygens (including phenoxy) is 2. The number of carbonyl (C=O) groups excluding carboxylic acids is 1. The largest absolute Gasteiger partial charge is 0.493 e. The summed E-state index contributed by atoms with van der Waals surface area (Å²) < 4.78 is 12.1. The highest BCUT2D eigenvalue weighted by atomic mass is 16.5. The summed E-state index contributed by atoms with van der Waals surface area (Å²) in [7, 11) is 3.07. The van der Waals surface area contributed by atoms with Crippen molar-refractivity contribution in [2.75, 3.05) is 13.7 Å². The number of hydrogen-bond donors (Lipinski definition) is 1. The van der Waals surface area contributed by atoms with Gasteiger partial charge in [0.1, 0.15) is 0 Å². The second-order valence-electron chi connectivity index (χ2n) is 6.28. The van der Waals surface area contributed by atoms with Crippen LogP contribution in [0.4, 0.5) is 0 Å². The van der Waals surface area contributed by atoms with E-state index in [2.05, 4.69) is 15.6 Å². The molecule has 0 aliphatic rings. The first-order valence-corrected chi connectivity index (χ1v) is 9.15. The normalized spacial score (nSPS) is 11.0. The van der Waals surface area contributed by atoms with Crippen molar-refractivity contribution in [3.05, 3.63) is 64.1 Å². The van der Waals surface area contributed by atoms with E-state index in [0.29, 0.717) is 28.9 Å². The number of aromatic nitrogens is 2. The fraction of sp³-hybridized carbons (Fsp3) is 0.238. The van der Waals surface area contributed by atoms with E-state index < -0.39 is 5.91 Å². The summed E-state index contributed by atoms with van der Waals surface area (Å²) in [5.74, 6) is 0.721. The van der Waals surface area contributed by atoms with Crippen LogP contribution in [0, 0.1) is 0 Å². The standard InChI is InChI=1S/C21H22N4O4/c1-4-11-29-17-10-9-14(12-18(17)28-3)13-22-23-20(26)19-15-7-5-6-8-16(15)21(27)25(2)24-19/h5-10,12-13H,4,11H2,1-3H3,(H,23,26)/b22-13+. The third-order valence-corrected chi connectivity index (χ3v) is 4.20. The summed E-state index contributed by atoms with van der Waals surface area (Å²) in [6.45, 7) is 2.62. The predicted molar refractivity (Wildman–Crippen MR) is 111 cm³/mol. The number of hydrazone groups is 1. The molecule has 3 rings (SSSR count). The highest BCUT2D eigenvalue weighted by Crippen LogP contribution is 2.27. The Labute approximate surface area is 167 Å². The number of nitrogens with zero attached hydrogens (tertiary/aromatic N) is 3. The Hall–Kier alpha value is -3.68. The molecule has 0 bridgehead atoms.